The van der Waals surface area contributed by atoms with Crippen LogP contribution in [-0.4, -0.2) is 56.0 Å². The summed E-state index contributed by atoms with van der Waals surface area (Å²) in [5, 5.41) is 0. The molecule has 1 atom stereocenters. The van der Waals surface area contributed by atoms with Crippen molar-refractivity contribution in [3.05, 3.63) is 0 Å². The van der Waals surface area contributed by atoms with Gasteiger partial charge < -0.3 is 15.2 Å². The van der Waals surface area contributed by atoms with Gasteiger partial charge in [-0.05, 0) is 46.1 Å². The molecule has 2 rings (SSSR count). The van der Waals surface area contributed by atoms with Gasteiger partial charge in [-0.2, -0.15) is 0 Å². The predicted octanol–water partition coefficient (Wildman–Crippen LogP) is 1.38. The van der Waals surface area contributed by atoms with Crippen molar-refractivity contribution in [2.75, 3.05) is 33.4 Å². The lowest BCUT2D eigenvalue weighted by atomic mass is 9.72. The summed E-state index contributed by atoms with van der Waals surface area (Å²) in [5.74, 6) is 0. The summed E-state index contributed by atoms with van der Waals surface area (Å²) >= 11 is 0. The standard InChI is InChI=1S/C14H28N2O2/c1-3-17-13-8-14(9-13,11-15)16(2)10-12-6-4-5-7-18-12/h12-13H,3-11,15H2,1-2H3. The topological polar surface area (TPSA) is 47.7 Å². The van der Waals surface area contributed by atoms with Crippen LogP contribution in [0.15, 0.2) is 0 Å². The smallest absolute Gasteiger partial charge is 0.0702 e. The summed E-state index contributed by atoms with van der Waals surface area (Å²) in [6.07, 6.45) is 6.66. The van der Waals surface area contributed by atoms with Crippen LogP contribution in [0.1, 0.15) is 39.0 Å². The van der Waals surface area contributed by atoms with Gasteiger partial charge in [-0.25, -0.2) is 0 Å². The van der Waals surface area contributed by atoms with E-state index in [9.17, 15) is 0 Å². The molecule has 18 heavy (non-hydrogen) atoms. The van der Waals surface area contributed by atoms with Crippen LogP contribution in [-0.2, 0) is 9.47 Å². The number of hydrogen-bond donors (Lipinski definition) is 1. The molecule has 0 bridgehead atoms. The highest BCUT2D eigenvalue weighted by molar-refractivity contribution is 5.04. The summed E-state index contributed by atoms with van der Waals surface area (Å²) in [5.41, 5.74) is 6.15. The average Bonchev–Trinajstić information content (AvgIpc) is 2.34. The molecule has 0 aromatic heterocycles. The summed E-state index contributed by atoms with van der Waals surface area (Å²) in [7, 11) is 2.19. The van der Waals surface area contributed by atoms with E-state index in [0.29, 0.717) is 12.2 Å². The second-order valence-corrected chi connectivity index (χ2v) is 5.78. The molecule has 106 valence electrons. The SMILES string of the molecule is CCOC1CC(CN)(N(C)CC2CCCCO2)C1. The van der Waals surface area contributed by atoms with Crippen molar-refractivity contribution in [3.63, 3.8) is 0 Å². The van der Waals surface area contributed by atoms with Crippen molar-refractivity contribution in [1.82, 2.24) is 4.90 Å². The van der Waals surface area contributed by atoms with Crippen molar-refractivity contribution in [1.29, 1.82) is 0 Å². The molecule has 2 N–H and O–H groups in total. The Morgan fingerprint density at radius 2 is 2.17 bits per heavy atom. The zero-order valence-corrected chi connectivity index (χ0v) is 11.9. The Kier molecular flexibility index (Phi) is 5.01. The molecule has 0 aromatic rings. The van der Waals surface area contributed by atoms with Gasteiger partial charge >= 0.3 is 0 Å². The molecule has 1 aliphatic carbocycles. The largest absolute Gasteiger partial charge is 0.378 e. The first kappa shape index (κ1) is 14.3. The van der Waals surface area contributed by atoms with E-state index in [2.05, 4.69) is 18.9 Å². The molecule has 1 aliphatic heterocycles. The normalized spacial score (nSPS) is 36.7. The lowest BCUT2D eigenvalue weighted by molar-refractivity contribution is -0.108. The maximum absolute atomic E-state index is 6.00. The van der Waals surface area contributed by atoms with Crippen molar-refractivity contribution in [3.8, 4) is 0 Å². The van der Waals surface area contributed by atoms with Crippen molar-refractivity contribution < 1.29 is 9.47 Å². The van der Waals surface area contributed by atoms with E-state index in [4.69, 9.17) is 15.2 Å². The van der Waals surface area contributed by atoms with Gasteiger partial charge in [-0.3, -0.25) is 4.90 Å². The van der Waals surface area contributed by atoms with Crippen LogP contribution in [0.3, 0.4) is 0 Å². The average molecular weight is 256 g/mol. The third-order valence-electron chi connectivity index (χ3n) is 4.56. The molecule has 4 heteroatoms. The van der Waals surface area contributed by atoms with E-state index < -0.39 is 0 Å². The quantitative estimate of drug-likeness (QED) is 0.780. The maximum Gasteiger partial charge on any atom is 0.0702 e. The molecule has 0 aromatic carbocycles. The summed E-state index contributed by atoms with van der Waals surface area (Å²) < 4.78 is 11.5. The highest BCUT2D eigenvalue weighted by atomic mass is 16.5. The third kappa shape index (κ3) is 3.05. The van der Waals surface area contributed by atoms with Crippen LogP contribution in [0.5, 0.6) is 0 Å². The fourth-order valence-electron chi connectivity index (χ4n) is 3.23. The van der Waals surface area contributed by atoms with Gasteiger partial charge in [0.05, 0.1) is 12.2 Å². The van der Waals surface area contributed by atoms with E-state index in [-0.39, 0.29) is 5.54 Å². The summed E-state index contributed by atoms with van der Waals surface area (Å²) in [4.78, 5) is 2.42. The zero-order chi connectivity index (χ0) is 13.0. The van der Waals surface area contributed by atoms with Gasteiger partial charge in [0.2, 0.25) is 0 Å². The Hall–Kier alpha value is -0.160. The highest BCUT2D eigenvalue weighted by Crippen LogP contribution is 2.38. The molecule has 4 nitrogen and oxygen atoms in total. The molecule has 1 heterocycles. The van der Waals surface area contributed by atoms with E-state index in [0.717, 1.165) is 39.1 Å². The summed E-state index contributed by atoms with van der Waals surface area (Å²) in [6.45, 7) is 5.52. The molecule has 2 fully saturated rings. The fraction of sp³-hybridized carbons (Fsp3) is 1.00. The van der Waals surface area contributed by atoms with Crippen LogP contribution in [0.4, 0.5) is 0 Å². The second kappa shape index (κ2) is 6.33. The first-order valence-electron chi connectivity index (χ1n) is 7.34. The maximum atomic E-state index is 6.00. The van der Waals surface area contributed by atoms with E-state index in [1.165, 1.54) is 19.3 Å². The first-order chi connectivity index (χ1) is 8.70. The lowest BCUT2D eigenvalue weighted by Gasteiger charge is -2.53. The molecule has 1 saturated carbocycles. The van der Waals surface area contributed by atoms with E-state index >= 15 is 0 Å². The molecule has 1 unspecified atom stereocenters. The van der Waals surface area contributed by atoms with Gasteiger partial charge in [-0.15, -0.1) is 0 Å². The van der Waals surface area contributed by atoms with Crippen LogP contribution >= 0.6 is 0 Å². The molecule has 0 radical (unpaired) electrons. The predicted molar refractivity (Wildman–Crippen MR) is 72.7 cm³/mol. The minimum Gasteiger partial charge on any atom is -0.378 e. The fourth-order valence-corrected chi connectivity index (χ4v) is 3.23. The minimum atomic E-state index is 0.153. The first-order valence-corrected chi connectivity index (χ1v) is 7.34. The van der Waals surface area contributed by atoms with Crippen LogP contribution in [0, 0.1) is 0 Å². The summed E-state index contributed by atoms with van der Waals surface area (Å²) in [6, 6.07) is 0. The number of likely N-dealkylation sites (N-methyl/N-ethyl adjacent to an activating group) is 1. The Balaban J connectivity index is 1.81. The Morgan fingerprint density at radius 1 is 1.39 bits per heavy atom. The minimum absolute atomic E-state index is 0.153. The molecule has 1 saturated heterocycles. The monoisotopic (exact) mass is 256 g/mol. The lowest BCUT2D eigenvalue weighted by Crippen LogP contribution is -2.64. The molecule has 0 spiro atoms. The van der Waals surface area contributed by atoms with Gasteiger partial charge in [-0.1, -0.05) is 0 Å². The number of hydrogen-bond acceptors (Lipinski definition) is 4. The molecule has 2 aliphatic rings. The molecule has 0 amide bonds. The van der Waals surface area contributed by atoms with Crippen molar-refractivity contribution in [2.45, 2.75) is 56.8 Å². The van der Waals surface area contributed by atoms with E-state index in [1.807, 2.05) is 0 Å². The van der Waals surface area contributed by atoms with Gasteiger partial charge in [0.25, 0.3) is 0 Å². The number of nitrogens with zero attached hydrogens (tertiary/aromatic N) is 1. The number of ether oxygens (including phenoxy) is 2. The van der Waals surface area contributed by atoms with Gasteiger partial charge in [0.15, 0.2) is 0 Å². The van der Waals surface area contributed by atoms with Crippen LogP contribution in [0.2, 0.25) is 0 Å². The Bertz CT molecular complexity index is 248. The molecular formula is C14H28N2O2. The Labute approximate surface area is 111 Å². The zero-order valence-electron chi connectivity index (χ0n) is 11.9. The van der Waals surface area contributed by atoms with Gasteiger partial charge in [0, 0.05) is 31.8 Å². The Morgan fingerprint density at radius 3 is 2.72 bits per heavy atom. The molecular weight excluding hydrogens is 228 g/mol. The van der Waals surface area contributed by atoms with Gasteiger partial charge in [0.1, 0.15) is 0 Å². The highest BCUT2D eigenvalue weighted by Gasteiger charge is 2.47. The number of rotatable bonds is 6. The van der Waals surface area contributed by atoms with Crippen molar-refractivity contribution in [2.24, 2.45) is 5.73 Å². The van der Waals surface area contributed by atoms with Crippen LogP contribution in [0.25, 0.3) is 0 Å². The number of nitrogens with two attached hydrogens (primary N) is 1. The van der Waals surface area contributed by atoms with Crippen LogP contribution < -0.4 is 5.73 Å². The third-order valence-corrected chi connectivity index (χ3v) is 4.56. The second-order valence-electron chi connectivity index (χ2n) is 5.78. The van der Waals surface area contributed by atoms with E-state index in [1.54, 1.807) is 0 Å². The van der Waals surface area contributed by atoms with Crippen molar-refractivity contribution >= 4 is 0 Å².